The second-order valence-electron chi connectivity index (χ2n) is 10.2. The third-order valence-corrected chi connectivity index (χ3v) is 6.05. The third-order valence-electron chi connectivity index (χ3n) is 6.05. The minimum Gasteiger partial charge on any atom is -0.507 e. The molecular weight excluding hydrogens is 384 g/mol. The van der Waals surface area contributed by atoms with Crippen LogP contribution in [-0.2, 0) is 21.4 Å². The van der Waals surface area contributed by atoms with Crippen LogP contribution in [0.15, 0.2) is 12.1 Å². The molecule has 0 aliphatic rings. The first-order valence-corrected chi connectivity index (χ1v) is 12.7. The Labute approximate surface area is 192 Å². The van der Waals surface area contributed by atoms with Crippen molar-refractivity contribution in [2.45, 2.75) is 130 Å². The summed E-state index contributed by atoms with van der Waals surface area (Å²) >= 11 is 0. The second kappa shape index (κ2) is 15.3. The number of aryl methyl sites for hydroxylation is 2. The van der Waals surface area contributed by atoms with Crippen molar-refractivity contribution in [3.05, 3.63) is 28.8 Å². The third kappa shape index (κ3) is 12.2. The summed E-state index contributed by atoms with van der Waals surface area (Å²) in [5, 5.41) is 10.3. The van der Waals surface area contributed by atoms with Crippen LogP contribution in [0.1, 0.15) is 128 Å². The Balaban J connectivity index is 2.10. The van der Waals surface area contributed by atoms with Crippen LogP contribution in [0.5, 0.6) is 5.75 Å². The Kier molecular flexibility index (Phi) is 13.6. The van der Waals surface area contributed by atoms with Crippen molar-refractivity contribution in [3.63, 3.8) is 0 Å². The fraction of sp³-hybridized carbons (Fsp3) is 0.750. The molecule has 0 spiro atoms. The van der Waals surface area contributed by atoms with E-state index < -0.39 is 0 Å². The molecule has 1 aromatic carbocycles. The zero-order valence-corrected chi connectivity index (χ0v) is 21.0. The topological polar surface area (TPSA) is 46.5 Å². The van der Waals surface area contributed by atoms with Crippen LogP contribution >= 0.6 is 0 Å². The highest BCUT2D eigenvalue weighted by Crippen LogP contribution is 2.34. The van der Waals surface area contributed by atoms with Crippen LogP contribution in [0, 0.1) is 6.92 Å². The Bertz CT molecular complexity index is 628. The molecule has 178 valence electrons. The Hall–Kier alpha value is -1.51. The highest BCUT2D eigenvalue weighted by Gasteiger charge is 2.20. The molecule has 0 bridgehead atoms. The van der Waals surface area contributed by atoms with Crippen molar-refractivity contribution < 1.29 is 14.6 Å². The van der Waals surface area contributed by atoms with Gasteiger partial charge in [0.05, 0.1) is 6.61 Å². The molecule has 1 N–H and O–H groups in total. The zero-order chi connectivity index (χ0) is 23.1. The average Bonchev–Trinajstić information content (AvgIpc) is 2.71. The van der Waals surface area contributed by atoms with Gasteiger partial charge in [0.15, 0.2) is 0 Å². The Morgan fingerprint density at radius 3 is 1.90 bits per heavy atom. The first-order valence-electron chi connectivity index (χ1n) is 12.7. The van der Waals surface area contributed by atoms with Crippen LogP contribution in [0.2, 0.25) is 0 Å². The van der Waals surface area contributed by atoms with Gasteiger partial charge in [-0.05, 0) is 41.9 Å². The number of rotatable bonds is 16. The molecule has 0 heterocycles. The summed E-state index contributed by atoms with van der Waals surface area (Å²) in [7, 11) is 0. The number of carbonyl (C=O) groups excluding carboxylic acids is 1. The predicted molar refractivity (Wildman–Crippen MR) is 132 cm³/mol. The molecule has 1 rings (SSSR count). The Morgan fingerprint density at radius 1 is 0.871 bits per heavy atom. The number of aromatic hydroxyl groups is 1. The number of esters is 1. The highest BCUT2D eigenvalue weighted by molar-refractivity contribution is 5.69. The molecule has 0 radical (unpaired) electrons. The molecule has 31 heavy (non-hydrogen) atoms. The first-order chi connectivity index (χ1) is 14.8. The van der Waals surface area contributed by atoms with E-state index in [0.717, 1.165) is 29.5 Å². The molecule has 1 aromatic rings. The van der Waals surface area contributed by atoms with Crippen LogP contribution in [0.3, 0.4) is 0 Å². The summed E-state index contributed by atoms with van der Waals surface area (Å²) in [4.78, 5) is 12.1. The first kappa shape index (κ1) is 27.5. The lowest BCUT2D eigenvalue weighted by atomic mass is 9.83. The van der Waals surface area contributed by atoms with Gasteiger partial charge in [-0.25, -0.2) is 0 Å². The molecule has 0 aromatic heterocycles. The summed E-state index contributed by atoms with van der Waals surface area (Å²) in [5.74, 6) is 0.247. The van der Waals surface area contributed by atoms with Crippen molar-refractivity contribution in [2.75, 3.05) is 6.61 Å². The lowest BCUT2D eigenvalue weighted by molar-refractivity contribution is -0.143. The number of benzene rings is 1. The summed E-state index contributed by atoms with van der Waals surface area (Å²) in [6.45, 7) is 11.0. The van der Waals surface area contributed by atoms with Crippen molar-refractivity contribution in [1.82, 2.24) is 0 Å². The van der Waals surface area contributed by atoms with Gasteiger partial charge >= 0.3 is 5.97 Å². The molecule has 0 amide bonds. The summed E-state index contributed by atoms with van der Waals surface area (Å²) < 4.78 is 5.42. The minimum atomic E-state index is -0.125. The van der Waals surface area contributed by atoms with Crippen molar-refractivity contribution in [3.8, 4) is 5.75 Å². The molecule has 0 saturated heterocycles. The van der Waals surface area contributed by atoms with Crippen LogP contribution < -0.4 is 0 Å². The van der Waals surface area contributed by atoms with E-state index in [1.165, 1.54) is 64.2 Å². The van der Waals surface area contributed by atoms with E-state index >= 15 is 0 Å². The molecule has 0 aliphatic heterocycles. The second-order valence-corrected chi connectivity index (χ2v) is 10.2. The van der Waals surface area contributed by atoms with Gasteiger partial charge in [0.25, 0.3) is 0 Å². The maximum atomic E-state index is 12.1. The van der Waals surface area contributed by atoms with Gasteiger partial charge in [0.2, 0.25) is 0 Å². The van der Waals surface area contributed by atoms with Gasteiger partial charge in [-0.2, -0.15) is 0 Å². The summed E-state index contributed by atoms with van der Waals surface area (Å²) in [5.41, 5.74) is 2.77. The molecule has 3 nitrogen and oxygen atoms in total. The molecule has 3 heteroatoms. The number of ether oxygens (including phenoxy) is 1. The molecular formula is C28H48O3. The van der Waals surface area contributed by atoms with Crippen LogP contribution in [0.4, 0.5) is 0 Å². The molecule has 0 fully saturated rings. The zero-order valence-electron chi connectivity index (χ0n) is 21.0. The minimum absolute atomic E-state index is 0.119. The fourth-order valence-electron chi connectivity index (χ4n) is 4.02. The van der Waals surface area contributed by atoms with E-state index in [2.05, 4.69) is 27.7 Å². The quantitative estimate of drug-likeness (QED) is 0.212. The van der Waals surface area contributed by atoms with E-state index in [1.54, 1.807) is 0 Å². The van der Waals surface area contributed by atoms with E-state index in [1.807, 2.05) is 19.1 Å². The summed E-state index contributed by atoms with van der Waals surface area (Å²) in [6.07, 6.45) is 16.7. The van der Waals surface area contributed by atoms with Gasteiger partial charge < -0.3 is 9.84 Å². The Morgan fingerprint density at radius 2 is 1.39 bits per heavy atom. The van der Waals surface area contributed by atoms with Gasteiger partial charge in [0.1, 0.15) is 5.75 Å². The van der Waals surface area contributed by atoms with Gasteiger partial charge in [-0.15, -0.1) is 0 Å². The molecule has 0 aliphatic carbocycles. The van der Waals surface area contributed by atoms with E-state index in [4.69, 9.17) is 4.74 Å². The number of phenolic OH excluding ortho intramolecular Hbond substituents is 1. The number of hydrogen-bond donors (Lipinski definition) is 1. The van der Waals surface area contributed by atoms with Crippen LogP contribution in [0.25, 0.3) is 0 Å². The number of phenols is 1. The van der Waals surface area contributed by atoms with Gasteiger partial charge in [-0.3, -0.25) is 4.79 Å². The van der Waals surface area contributed by atoms with Crippen molar-refractivity contribution in [1.29, 1.82) is 0 Å². The smallest absolute Gasteiger partial charge is 0.306 e. The van der Waals surface area contributed by atoms with Gasteiger partial charge in [0, 0.05) is 6.42 Å². The van der Waals surface area contributed by atoms with E-state index in [9.17, 15) is 9.90 Å². The molecule has 0 saturated carbocycles. The number of carbonyl (C=O) groups is 1. The van der Waals surface area contributed by atoms with Crippen molar-refractivity contribution in [2.24, 2.45) is 0 Å². The maximum absolute atomic E-state index is 12.1. The summed E-state index contributed by atoms with van der Waals surface area (Å²) in [6, 6.07) is 4.00. The standard InChI is InChI=1S/C28H48O3/c1-6-7-8-9-10-11-12-13-14-15-16-17-20-31-26(29)19-18-24-21-23(2)27(30)25(22-24)28(3,4)5/h21-22,30H,6-20H2,1-5H3. The highest BCUT2D eigenvalue weighted by atomic mass is 16.5. The SMILES string of the molecule is CCCCCCCCCCCCCCOC(=O)CCc1cc(C)c(O)c(C(C)(C)C)c1. The number of hydrogen-bond acceptors (Lipinski definition) is 3. The van der Waals surface area contributed by atoms with E-state index in [0.29, 0.717) is 25.2 Å². The monoisotopic (exact) mass is 432 g/mol. The largest absolute Gasteiger partial charge is 0.507 e. The lowest BCUT2D eigenvalue weighted by Crippen LogP contribution is -2.13. The van der Waals surface area contributed by atoms with E-state index in [-0.39, 0.29) is 11.4 Å². The number of unbranched alkanes of at least 4 members (excludes halogenated alkanes) is 11. The normalized spacial score (nSPS) is 11.6. The van der Waals surface area contributed by atoms with Crippen LogP contribution in [-0.4, -0.2) is 17.7 Å². The predicted octanol–water partition coefficient (Wildman–Crippen LogP) is 8.18. The molecule has 0 unspecified atom stereocenters. The van der Waals surface area contributed by atoms with Crippen molar-refractivity contribution >= 4 is 5.97 Å². The average molecular weight is 433 g/mol. The molecule has 0 atom stereocenters. The maximum Gasteiger partial charge on any atom is 0.306 e. The fourth-order valence-corrected chi connectivity index (χ4v) is 4.02. The van der Waals surface area contributed by atoms with Gasteiger partial charge in [-0.1, -0.05) is 110 Å². The lowest BCUT2D eigenvalue weighted by Gasteiger charge is -2.22.